The molecule has 0 N–H and O–H groups in total. The average Bonchev–Trinajstić information content (AvgIpc) is 2.68. The van der Waals surface area contributed by atoms with E-state index in [1.807, 2.05) is 31.2 Å². The van der Waals surface area contributed by atoms with Gasteiger partial charge in [0.1, 0.15) is 5.75 Å². The molecule has 0 radical (unpaired) electrons. The fraction of sp³-hybridized carbons (Fsp3) is 0.316. The van der Waals surface area contributed by atoms with Crippen molar-refractivity contribution in [2.75, 3.05) is 37.7 Å². The fourth-order valence-corrected chi connectivity index (χ4v) is 3.11. The molecule has 142 valence electrons. The summed E-state index contributed by atoms with van der Waals surface area (Å²) in [6.45, 7) is 4.64. The van der Waals surface area contributed by atoms with E-state index in [0.717, 1.165) is 23.6 Å². The summed E-state index contributed by atoms with van der Waals surface area (Å²) in [5.41, 5.74) is 0.403. The molecule has 0 spiro atoms. The average molecular weight is 373 g/mol. The zero-order chi connectivity index (χ0) is 19.4. The zero-order valence-electron chi connectivity index (χ0n) is 14.9. The maximum absolute atomic E-state index is 13.5. The Morgan fingerprint density at radius 2 is 1.89 bits per heavy atom. The number of anilines is 1. The second-order valence-electron chi connectivity index (χ2n) is 6.10. The molecular weight excluding hydrogens is 353 g/mol. The van der Waals surface area contributed by atoms with E-state index < -0.39 is 16.4 Å². The van der Waals surface area contributed by atoms with Gasteiger partial charge < -0.3 is 14.5 Å². The van der Waals surface area contributed by atoms with Gasteiger partial charge in [-0.05, 0) is 31.2 Å². The van der Waals surface area contributed by atoms with Gasteiger partial charge in [0.2, 0.25) is 5.82 Å². The summed E-state index contributed by atoms with van der Waals surface area (Å²) in [6.07, 6.45) is 0. The Bertz CT molecular complexity index is 851. The van der Waals surface area contributed by atoms with Gasteiger partial charge in [-0.3, -0.25) is 14.9 Å². The molecule has 27 heavy (non-hydrogen) atoms. The lowest BCUT2D eigenvalue weighted by Gasteiger charge is -2.36. The van der Waals surface area contributed by atoms with E-state index in [-0.39, 0.29) is 11.5 Å². The number of hydrogen-bond acceptors (Lipinski definition) is 5. The lowest BCUT2D eigenvalue weighted by atomic mass is 10.1. The Kier molecular flexibility index (Phi) is 5.54. The van der Waals surface area contributed by atoms with Crippen LogP contribution in [0.25, 0.3) is 0 Å². The van der Waals surface area contributed by atoms with Crippen molar-refractivity contribution in [2.24, 2.45) is 0 Å². The van der Waals surface area contributed by atoms with Gasteiger partial charge in [-0.2, -0.15) is 4.39 Å². The van der Waals surface area contributed by atoms with Gasteiger partial charge in [0, 0.05) is 37.8 Å². The molecule has 1 saturated heterocycles. The van der Waals surface area contributed by atoms with Gasteiger partial charge in [-0.15, -0.1) is 0 Å². The lowest BCUT2D eigenvalue weighted by molar-refractivity contribution is -0.387. The summed E-state index contributed by atoms with van der Waals surface area (Å²) in [5, 5.41) is 10.9. The lowest BCUT2D eigenvalue weighted by Crippen LogP contribution is -2.48. The third-order valence-corrected chi connectivity index (χ3v) is 4.46. The van der Waals surface area contributed by atoms with Gasteiger partial charge in [-0.1, -0.05) is 12.1 Å². The van der Waals surface area contributed by atoms with Crippen LogP contribution in [0.5, 0.6) is 5.75 Å². The van der Waals surface area contributed by atoms with Crippen LogP contribution in [0.15, 0.2) is 42.5 Å². The Hall–Kier alpha value is -3.16. The molecule has 1 amide bonds. The van der Waals surface area contributed by atoms with E-state index >= 15 is 0 Å². The molecule has 1 aliphatic rings. The number of carbonyl (C=O) groups excluding carboxylic acids is 1. The second kappa shape index (κ2) is 8.03. The molecule has 8 heteroatoms. The highest BCUT2D eigenvalue weighted by atomic mass is 19.1. The van der Waals surface area contributed by atoms with Crippen molar-refractivity contribution in [3.63, 3.8) is 0 Å². The summed E-state index contributed by atoms with van der Waals surface area (Å²) in [6, 6.07) is 11.0. The topological polar surface area (TPSA) is 75.9 Å². The summed E-state index contributed by atoms with van der Waals surface area (Å²) < 4.78 is 19.1. The minimum Gasteiger partial charge on any atom is -0.492 e. The Morgan fingerprint density at radius 1 is 1.19 bits per heavy atom. The van der Waals surface area contributed by atoms with Crippen LogP contribution in [-0.2, 0) is 0 Å². The minimum atomic E-state index is -0.950. The molecule has 3 rings (SSSR count). The standard InChI is InChI=1S/C19H20FN3O4/c1-2-27-18-6-4-3-5-16(18)21-9-11-22(12-10-21)19(24)14-7-8-15(20)17(13-14)23(25)26/h3-8,13H,2,9-12H2,1H3. The third-order valence-electron chi connectivity index (χ3n) is 4.46. The molecular formula is C19H20FN3O4. The maximum Gasteiger partial charge on any atom is 0.305 e. The fourth-order valence-electron chi connectivity index (χ4n) is 3.11. The first kappa shape index (κ1) is 18.6. The van der Waals surface area contributed by atoms with Crippen LogP contribution in [0.4, 0.5) is 15.8 Å². The maximum atomic E-state index is 13.5. The first-order valence-electron chi connectivity index (χ1n) is 8.71. The highest BCUT2D eigenvalue weighted by Crippen LogP contribution is 2.29. The molecule has 1 fully saturated rings. The van der Waals surface area contributed by atoms with E-state index in [4.69, 9.17) is 4.74 Å². The molecule has 0 atom stereocenters. The SMILES string of the molecule is CCOc1ccccc1N1CCN(C(=O)c2ccc(F)c([N+](=O)[O-])c2)CC1. The van der Waals surface area contributed by atoms with Crippen LogP contribution in [0.2, 0.25) is 0 Å². The largest absolute Gasteiger partial charge is 0.492 e. The number of nitro benzene ring substituents is 1. The quantitative estimate of drug-likeness (QED) is 0.595. The summed E-state index contributed by atoms with van der Waals surface area (Å²) in [5.74, 6) is -0.487. The first-order valence-corrected chi connectivity index (χ1v) is 8.71. The molecule has 0 aromatic heterocycles. The van der Waals surface area contributed by atoms with Crippen LogP contribution >= 0.6 is 0 Å². The van der Waals surface area contributed by atoms with E-state index in [1.54, 1.807) is 4.90 Å². The van der Waals surface area contributed by atoms with E-state index in [1.165, 1.54) is 6.07 Å². The van der Waals surface area contributed by atoms with E-state index in [2.05, 4.69) is 4.90 Å². The van der Waals surface area contributed by atoms with Crippen molar-refractivity contribution in [3.05, 3.63) is 64.0 Å². The van der Waals surface area contributed by atoms with Gasteiger partial charge in [0.15, 0.2) is 0 Å². The van der Waals surface area contributed by atoms with Gasteiger partial charge in [0.25, 0.3) is 5.91 Å². The summed E-state index contributed by atoms with van der Waals surface area (Å²) in [7, 11) is 0. The van der Waals surface area contributed by atoms with Crippen LogP contribution < -0.4 is 9.64 Å². The number of nitro groups is 1. The highest BCUT2D eigenvalue weighted by molar-refractivity contribution is 5.95. The van der Waals surface area contributed by atoms with Gasteiger partial charge >= 0.3 is 5.69 Å². The monoisotopic (exact) mass is 373 g/mol. The number of para-hydroxylation sites is 2. The highest BCUT2D eigenvalue weighted by Gasteiger charge is 2.25. The molecule has 7 nitrogen and oxygen atoms in total. The van der Waals surface area contributed by atoms with Crippen LogP contribution in [0, 0.1) is 15.9 Å². The van der Waals surface area contributed by atoms with Crippen molar-refractivity contribution >= 4 is 17.3 Å². The number of piperazine rings is 1. The zero-order valence-corrected chi connectivity index (χ0v) is 14.9. The normalized spacial score (nSPS) is 14.1. The predicted octanol–water partition coefficient (Wildman–Crippen LogP) is 3.10. The van der Waals surface area contributed by atoms with Gasteiger partial charge in [0.05, 0.1) is 17.2 Å². The number of ether oxygens (including phenoxy) is 1. The molecule has 0 aliphatic carbocycles. The number of amides is 1. The number of halogens is 1. The first-order chi connectivity index (χ1) is 13.0. The van der Waals surface area contributed by atoms with Crippen LogP contribution in [-0.4, -0.2) is 48.5 Å². The van der Waals surface area contributed by atoms with Gasteiger partial charge in [-0.25, -0.2) is 0 Å². The molecule has 1 heterocycles. The molecule has 0 unspecified atom stereocenters. The second-order valence-corrected chi connectivity index (χ2v) is 6.10. The summed E-state index contributed by atoms with van der Waals surface area (Å²) >= 11 is 0. The number of benzene rings is 2. The van der Waals surface area contributed by atoms with Crippen molar-refractivity contribution in [3.8, 4) is 5.75 Å². The molecule has 2 aromatic carbocycles. The number of carbonyl (C=O) groups is 1. The molecule has 0 saturated carbocycles. The predicted molar refractivity (Wildman–Crippen MR) is 98.8 cm³/mol. The Balaban J connectivity index is 1.70. The number of hydrogen-bond donors (Lipinski definition) is 0. The molecule has 0 bridgehead atoms. The van der Waals surface area contributed by atoms with E-state index in [9.17, 15) is 19.3 Å². The van der Waals surface area contributed by atoms with Crippen LogP contribution in [0.3, 0.4) is 0 Å². The van der Waals surface area contributed by atoms with Crippen molar-refractivity contribution in [1.29, 1.82) is 0 Å². The molecule has 1 aliphatic heterocycles. The van der Waals surface area contributed by atoms with Crippen molar-refractivity contribution < 1.29 is 18.8 Å². The Morgan fingerprint density at radius 3 is 2.56 bits per heavy atom. The van der Waals surface area contributed by atoms with Crippen molar-refractivity contribution in [2.45, 2.75) is 6.92 Å². The van der Waals surface area contributed by atoms with E-state index in [0.29, 0.717) is 32.8 Å². The summed E-state index contributed by atoms with van der Waals surface area (Å²) in [4.78, 5) is 26.5. The third kappa shape index (κ3) is 3.99. The van der Waals surface area contributed by atoms with Crippen molar-refractivity contribution in [1.82, 2.24) is 4.90 Å². The number of nitrogens with zero attached hydrogens (tertiary/aromatic N) is 3. The smallest absolute Gasteiger partial charge is 0.305 e. The van der Waals surface area contributed by atoms with Crippen LogP contribution in [0.1, 0.15) is 17.3 Å². The number of rotatable bonds is 5. The minimum absolute atomic E-state index is 0.117. The Labute approximate surface area is 156 Å². The molecule has 2 aromatic rings.